The van der Waals surface area contributed by atoms with Crippen LogP contribution < -0.4 is 10.6 Å². The van der Waals surface area contributed by atoms with Gasteiger partial charge in [-0.15, -0.1) is 0 Å². The maximum atomic E-state index is 13.5. The fourth-order valence-electron chi connectivity index (χ4n) is 4.55. The zero-order valence-corrected chi connectivity index (χ0v) is 19.7. The summed E-state index contributed by atoms with van der Waals surface area (Å²) >= 11 is 0. The largest absolute Gasteiger partial charge is 0.478 e. The van der Waals surface area contributed by atoms with Crippen LogP contribution in [-0.2, 0) is 16.8 Å². The molecule has 7 heteroatoms. The Hall–Kier alpha value is -3.87. The van der Waals surface area contributed by atoms with Crippen molar-refractivity contribution in [3.8, 4) is 0 Å². The summed E-state index contributed by atoms with van der Waals surface area (Å²) in [5.41, 5.74) is 1.36. The fourth-order valence-corrected chi connectivity index (χ4v) is 4.55. The van der Waals surface area contributed by atoms with Gasteiger partial charge in [0.05, 0.1) is 23.3 Å². The Bertz CT molecular complexity index is 1200. The molecule has 2 heterocycles. The second-order valence-corrected chi connectivity index (χ2v) is 9.65. The van der Waals surface area contributed by atoms with Gasteiger partial charge in [0.1, 0.15) is 11.4 Å². The average molecular weight is 459 g/mol. The van der Waals surface area contributed by atoms with Crippen molar-refractivity contribution in [3.05, 3.63) is 95.7 Å². The van der Waals surface area contributed by atoms with E-state index >= 15 is 0 Å². The van der Waals surface area contributed by atoms with Crippen LogP contribution in [0.4, 0.5) is 5.82 Å². The number of anilines is 1. The summed E-state index contributed by atoms with van der Waals surface area (Å²) in [6, 6.07) is 19.9. The van der Waals surface area contributed by atoms with E-state index in [1.54, 1.807) is 6.20 Å². The number of carboxylic acid groups (broad SMARTS) is 1. The highest BCUT2D eigenvalue weighted by Crippen LogP contribution is 2.40. The minimum atomic E-state index is -1.06. The average Bonchev–Trinajstić information content (AvgIpc) is 3.24. The number of hydrogen-bond donors (Lipinski definition) is 3. The van der Waals surface area contributed by atoms with E-state index in [1.807, 2.05) is 60.1 Å². The highest BCUT2D eigenvalue weighted by atomic mass is 16.4. The Morgan fingerprint density at radius 2 is 1.82 bits per heavy atom. The fraction of sp³-hybridized carbons (Fsp3) is 0.296. The van der Waals surface area contributed by atoms with Crippen molar-refractivity contribution in [2.45, 2.75) is 50.7 Å². The first kappa shape index (κ1) is 23.3. The Morgan fingerprint density at radius 3 is 2.47 bits per heavy atom. The monoisotopic (exact) mass is 458 g/mol. The maximum Gasteiger partial charge on any atom is 0.328 e. The standard InChI is InChI=1S/C27H30N4O3/c1-26(2)17-22(20-12-8-5-9-13-20)29-24-21(18-28-31(24)26)25(34)30-27(3,15-14-23(32)33)16-19-10-6-4-7-11-19/h4-15,18,22,29H,16-17H2,1-3H3,(H,30,34)(H,32,33). The van der Waals surface area contributed by atoms with E-state index in [-0.39, 0.29) is 17.5 Å². The smallest absolute Gasteiger partial charge is 0.328 e. The summed E-state index contributed by atoms with van der Waals surface area (Å²) in [4.78, 5) is 24.7. The van der Waals surface area contributed by atoms with Crippen LogP contribution in [0.2, 0.25) is 0 Å². The minimum absolute atomic E-state index is 0.0366. The molecule has 4 rings (SSSR count). The minimum Gasteiger partial charge on any atom is -0.478 e. The molecule has 3 N–H and O–H groups in total. The van der Waals surface area contributed by atoms with Crippen LogP contribution in [0.5, 0.6) is 0 Å². The van der Waals surface area contributed by atoms with Crippen LogP contribution in [0.25, 0.3) is 0 Å². The summed E-state index contributed by atoms with van der Waals surface area (Å²) in [5.74, 6) is -0.718. The Balaban J connectivity index is 1.64. The lowest BCUT2D eigenvalue weighted by Gasteiger charge is -2.38. The molecule has 0 saturated heterocycles. The molecule has 2 atom stereocenters. The van der Waals surface area contributed by atoms with E-state index in [9.17, 15) is 14.7 Å². The molecule has 3 aromatic rings. The van der Waals surface area contributed by atoms with Crippen molar-refractivity contribution < 1.29 is 14.7 Å². The number of amides is 1. The van der Waals surface area contributed by atoms with Crippen molar-refractivity contribution in [1.29, 1.82) is 0 Å². The van der Waals surface area contributed by atoms with E-state index in [0.29, 0.717) is 17.8 Å². The number of nitrogens with one attached hydrogen (secondary N) is 2. The van der Waals surface area contributed by atoms with Gasteiger partial charge in [-0.05, 0) is 44.7 Å². The Kier molecular flexibility index (Phi) is 6.28. The number of carbonyl (C=O) groups is 2. The van der Waals surface area contributed by atoms with Gasteiger partial charge in [0, 0.05) is 6.08 Å². The van der Waals surface area contributed by atoms with Gasteiger partial charge in [-0.3, -0.25) is 4.79 Å². The van der Waals surface area contributed by atoms with E-state index in [4.69, 9.17) is 0 Å². The lowest BCUT2D eigenvalue weighted by Crippen LogP contribution is -2.46. The molecule has 2 aromatic carbocycles. The van der Waals surface area contributed by atoms with Crippen LogP contribution in [0.1, 0.15) is 54.7 Å². The maximum absolute atomic E-state index is 13.5. The first-order valence-corrected chi connectivity index (χ1v) is 11.4. The number of aliphatic carboxylic acids is 1. The lowest BCUT2D eigenvalue weighted by atomic mass is 9.89. The molecule has 0 saturated carbocycles. The topological polar surface area (TPSA) is 96.2 Å². The van der Waals surface area contributed by atoms with Gasteiger partial charge in [0.15, 0.2) is 0 Å². The molecule has 2 unspecified atom stereocenters. The van der Waals surface area contributed by atoms with Gasteiger partial charge in [-0.1, -0.05) is 66.7 Å². The number of benzene rings is 2. The Morgan fingerprint density at radius 1 is 1.18 bits per heavy atom. The van der Waals surface area contributed by atoms with Crippen molar-refractivity contribution in [3.63, 3.8) is 0 Å². The van der Waals surface area contributed by atoms with Gasteiger partial charge in [-0.2, -0.15) is 5.10 Å². The van der Waals surface area contributed by atoms with Gasteiger partial charge < -0.3 is 15.7 Å². The third-order valence-electron chi connectivity index (χ3n) is 6.21. The molecule has 0 spiro atoms. The van der Waals surface area contributed by atoms with Crippen molar-refractivity contribution >= 4 is 17.7 Å². The molecule has 0 bridgehead atoms. The van der Waals surface area contributed by atoms with E-state index in [1.165, 1.54) is 6.08 Å². The van der Waals surface area contributed by atoms with Crippen LogP contribution in [0.3, 0.4) is 0 Å². The van der Waals surface area contributed by atoms with Crippen LogP contribution >= 0.6 is 0 Å². The molecule has 176 valence electrons. The molecule has 34 heavy (non-hydrogen) atoms. The number of aromatic nitrogens is 2. The molecular formula is C27H30N4O3. The van der Waals surface area contributed by atoms with Gasteiger partial charge in [0.2, 0.25) is 0 Å². The molecular weight excluding hydrogens is 428 g/mol. The van der Waals surface area contributed by atoms with Crippen molar-refractivity contribution in [2.24, 2.45) is 0 Å². The molecule has 1 aliphatic heterocycles. The summed E-state index contributed by atoms with van der Waals surface area (Å²) in [7, 11) is 0. The third-order valence-corrected chi connectivity index (χ3v) is 6.21. The molecule has 7 nitrogen and oxygen atoms in total. The van der Waals surface area contributed by atoms with Gasteiger partial charge in [-0.25, -0.2) is 9.48 Å². The predicted octanol–water partition coefficient (Wildman–Crippen LogP) is 4.55. The van der Waals surface area contributed by atoms with Gasteiger partial charge >= 0.3 is 5.97 Å². The summed E-state index contributed by atoms with van der Waals surface area (Å²) in [6.45, 7) is 6.03. The quantitative estimate of drug-likeness (QED) is 0.452. The molecule has 1 amide bonds. The summed E-state index contributed by atoms with van der Waals surface area (Å²) in [6.07, 6.45) is 5.44. The SMILES string of the molecule is CC(C=CC(=O)O)(Cc1ccccc1)NC(=O)c1cnn2c1NC(c1ccccc1)CC2(C)C. The van der Waals surface area contributed by atoms with Crippen LogP contribution in [0, 0.1) is 0 Å². The third kappa shape index (κ3) is 5.03. The second-order valence-electron chi connectivity index (χ2n) is 9.65. The van der Waals surface area contributed by atoms with E-state index in [0.717, 1.165) is 23.6 Å². The number of fused-ring (bicyclic) bond motifs is 1. The van der Waals surface area contributed by atoms with E-state index in [2.05, 4.69) is 41.7 Å². The number of rotatable bonds is 7. The van der Waals surface area contributed by atoms with Gasteiger partial charge in [0.25, 0.3) is 5.91 Å². The van der Waals surface area contributed by atoms with Crippen LogP contribution in [-0.4, -0.2) is 32.3 Å². The molecule has 0 fully saturated rings. The van der Waals surface area contributed by atoms with Crippen LogP contribution in [0.15, 0.2) is 79.0 Å². The predicted molar refractivity (Wildman–Crippen MR) is 132 cm³/mol. The summed E-state index contributed by atoms with van der Waals surface area (Å²) < 4.78 is 1.86. The molecule has 1 aliphatic rings. The number of hydrogen-bond acceptors (Lipinski definition) is 4. The zero-order chi connectivity index (χ0) is 24.3. The highest BCUT2D eigenvalue weighted by Gasteiger charge is 2.37. The first-order valence-electron chi connectivity index (χ1n) is 11.4. The number of nitrogens with zero attached hydrogens (tertiary/aromatic N) is 2. The lowest BCUT2D eigenvalue weighted by molar-refractivity contribution is -0.131. The normalized spacial score (nSPS) is 18.5. The first-order chi connectivity index (χ1) is 16.2. The summed E-state index contributed by atoms with van der Waals surface area (Å²) in [5, 5.41) is 20.3. The highest BCUT2D eigenvalue weighted by molar-refractivity contribution is 5.99. The number of carboxylic acids is 1. The Labute approximate surface area is 199 Å². The molecule has 1 aromatic heterocycles. The van der Waals surface area contributed by atoms with E-state index < -0.39 is 11.5 Å². The molecule has 0 aliphatic carbocycles. The zero-order valence-electron chi connectivity index (χ0n) is 19.7. The number of carbonyl (C=O) groups excluding carboxylic acids is 1. The second kappa shape index (κ2) is 9.17. The van der Waals surface area contributed by atoms with Crippen molar-refractivity contribution in [2.75, 3.05) is 5.32 Å². The van der Waals surface area contributed by atoms with Crippen molar-refractivity contribution in [1.82, 2.24) is 15.1 Å². The molecule has 0 radical (unpaired) electrons.